The summed E-state index contributed by atoms with van der Waals surface area (Å²) < 4.78 is 22.3. The maximum Gasteiger partial charge on any atom is 0.224 e. The molecule has 2 aliphatic heterocycles. The van der Waals surface area contributed by atoms with Crippen molar-refractivity contribution in [3.63, 3.8) is 0 Å². The maximum absolute atomic E-state index is 12.2. The first-order chi connectivity index (χ1) is 8.22. The van der Waals surface area contributed by atoms with Crippen LogP contribution in [0.2, 0.25) is 0 Å². The molecule has 0 bridgehead atoms. The summed E-state index contributed by atoms with van der Waals surface area (Å²) >= 11 is 0. The number of hydrogen-bond donors (Lipinski definition) is 1. The fourth-order valence-electron chi connectivity index (χ4n) is 3.25. The van der Waals surface area contributed by atoms with E-state index in [9.17, 15) is 13.2 Å². The predicted molar refractivity (Wildman–Crippen MR) is 70.0 cm³/mol. The molecule has 2 fully saturated rings. The van der Waals surface area contributed by atoms with E-state index in [1.165, 1.54) is 6.26 Å². The second kappa shape index (κ2) is 4.49. The van der Waals surface area contributed by atoms with Crippen LogP contribution in [0.3, 0.4) is 0 Å². The summed E-state index contributed by atoms with van der Waals surface area (Å²) in [6, 6.07) is 0. The fourth-order valence-corrected chi connectivity index (χ4v) is 3.80. The van der Waals surface area contributed by atoms with Crippen molar-refractivity contribution >= 4 is 15.7 Å². The summed E-state index contributed by atoms with van der Waals surface area (Å²) in [7, 11) is -3.06. The van der Waals surface area contributed by atoms with Gasteiger partial charge in [0, 0.05) is 37.8 Å². The number of nitrogens with one attached hydrogen (secondary N) is 1. The number of hydrogen-bond acceptors (Lipinski definition) is 4. The molecule has 0 spiro atoms. The number of rotatable bonds is 3. The summed E-state index contributed by atoms with van der Waals surface area (Å²) in [5.41, 5.74) is -0.164. The number of amides is 1. The molecule has 1 amide bonds. The van der Waals surface area contributed by atoms with Crippen LogP contribution >= 0.6 is 0 Å². The Morgan fingerprint density at radius 1 is 1.39 bits per heavy atom. The van der Waals surface area contributed by atoms with Crippen LogP contribution in [-0.4, -0.2) is 56.4 Å². The Morgan fingerprint density at radius 3 is 2.61 bits per heavy atom. The molecule has 6 heteroatoms. The average molecular weight is 274 g/mol. The number of likely N-dealkylation sites (tertiary alicyclic amines) is 1. The normalized spacial score (nSPS) is 30.5. The van der Waals surface area contributed by atoms with Crippen LogP contribution in [-0.2, 0) is 14.6 Å². The van der Waals surface area contributed by atoms with Gasteiger partial charge in [-0.25, -0.2) is 8.42 Å². The minimum Gasteiger partial charge on any atom is -0.337 e. The van der Waals surface area contributed by atoms with Gasteiger partial charge in [0.05, 0.1) is 5.75 Å². The van der Waals surface area contributed by atoms with Crippen LogP contribution in [0.25, 0.3) is 0 Å². The number of fused-ring (bicyclic) bond motifs is 1. The number of carbonyl (C=O) groups is 1. The van der Waals surface area contributed by atoms with Crippen molar-refractivity contribution in [2.75, 3.05) is 31.6 Å². The van der Waals surface area contributed by atoms with Crippen molar-refractivity contribution in [2.24, 2.45) is 11.8 Å². The molecule has 2 rings (SSSR count). The standard InChI is InChI=1S/C12H22N2O3S/c1-12(2)10-7-13-6-9(10)8-14(12)11(15)4-5-18(3,16)17/h9-10,13H,4-8H2,1-3H3. The molecule has 2 aliphatic rings. The molecule has 0 aromatic rings. The van der Waals surface area contributed by atoms with Crippen LogP contribution in [0.15, 0.2) is 0 Å². The lowest BCUT2D eigenvalue weighted by atomic mass is 9.85. The van der Waals surface area contributed by atoms with E-state index >= 15 is 0 Å². The Labute approximate surface area is 109 Å². The third-order valence-electron chi connectivity index (χ3n) is 4.35. The van der Waals surface area contributed by atoms with Crippen LogP contribution in [0, 0.1) is 11.8 Å². The Balaban J connectivity index is 2.03. The summed E-state index contributed by atoms with van der Waals surface area (Å²) in [5.74, 6) is 0.924. The molecular weight excluding hydrogens is 252 g/mol. The molecular formula is C12H22N2O3S. The van der Waals surface area contributed by atoms with Crippen molar-refractivity contribution in [3.05, 3.63) is 0 Å². The summed E-state index contributed by atoms with van der Waals surface area (Å²) in [5, 5.41) is 3.36. The topological polar surface area (TPSA) is 66.5 Å². The Kier molecular flexibility index (Phi) is 3.44. The van der Waals surface area contributed by atoms with Crippen molar-refractivity contribution in [3.8, 4) is 0 Å². The van der Waals surface area contributed by atoms with E-state index in [2.05, 4.69) is 19.2 Å². The monoisotopic (exact) mass is 274 g/mol. The smallest absolute Gasteiger partial charge is 0.224 e. The zero-order valence-corrected chi connectivity index (χ0v) is 12.1. The molecule has 0 saturated carbocycles. The van der Waals surface area contributed by atoms with Crippen LogP contribution < -0.4 is 5.32 Å². The van der Waals surface area contributed by atoms with Gasteiger partial charge in [-0.2, -0.15) is 0 Å². The van der Waals surface area contributed by atoms with Gasteiger partial charge in [0.1, 0.15) is 9.84 Å². The molecule has 104 valence electrons. The first-order valence-electron chi connectivity index (χ1n) is 6.41. The van der Waals surface area contributed by atoms with E-state index in [4.69, 9.17) is 0 Å². The minimum atomic E-state index is -3.06. The third kappa shape index (κ3) is 2.54. The highest BCUT2D eigenvalue weighted by molar-refractivity contribution is 7.90. The van der Waals surface area contributed by atoms with Gasteiger partial charge < -0.3 is 10.2 Å². The van der Waals surface area contributed by atoms with Crippen molar-refractivity contribution in [1.29, 1.82) is 0 Å². The molecule has 2 atom stereocenters. The predicted octanol–water partition coefficient (Wildman–Crippen LogP) is -0.122. The lowest BCUT2D eigenvalue weighted by Crippen LogP contribution is -2.47. The first-order valence-corrected chi connectivity index (χ1v) is 8.47. The zero-order valence-electron chi connectivity index (χ0n) is 11.3. The molecule has 2 heterocycles. The number of sulfone groups is 1. The van der Waals surface area contributed by atoms with Gasteiger partial charge in [0.15, 0.2) is 0 Å². The molecule has 2 unspecified atom stereocenters. The Morgan fingerprint density at radius 2 is 2.06 bits per heavy atom. The second-order valence-corrected chi connectivity index (χ2v) is 8.32. The highest BCUT2D eigenvalue weighted by Crippen LogP contribution is 2.40. The molecule has 0 aliphatic carbocycles. The summed E-state index contributed by atoms with van der Waals surface area (Å²) in [4.78, 5) is 14.1. The number of nitrogens with zero attached hydrogens (tertiary/aromatic N) is 1. The van der Waals surface area contributed by atoms with Crippen LogP contribution in [0.4, 0.5) is 0 Å². The highest BCUT2D eigenvalue weighted by Gasteiger charge is 2.50. The van der Waals surface area contributed by atoms with Gasteiger partial charge in [-0.05, 0) is 25.7 Å². The van der Waals surface area contributed by atoms with E-state index in [-0.39, 0.29) is 23.6 Å². The van der Waals surface area contributed by atoms with Gasteiger partial charge in [-0.3, -0.25) is 4.79 Å². The molecule has 1 N–H and O–H groups in total. The molecule has 0 aromatic carbocycles. The average Bonchev–Trinajstić information content (AvgIpc) is 2.77. The van der Waals surface area contributed by atoms with Gasteiger partial charge >= 0.3 is 0 Å². The summed E-state index contributed by atoms with van der Waals surface area (Å²) in [6.07, 6.45) is 1.28. The minimum absolute atomic E-state index is 0.0279. The quantitative estimate of drug-likeness (QED) is 0.779. The molecule has 18 heavy (non-hydrogen) atoms. The third-order valence-corrected chi connectivity index (χ3v) is 5.29. The highest BCUT2D eigenvalue weighted by atomic mass is 32.2. The lowest BCUT2D eigenvalue weighted by Gasteiger charge is -2.35. The van der Waals surface area contributed by atoms with E-state index in [0.717, 1.165) is 19.6 Å². The van der Waals surface area contributed by atoms with Crippen molar-refractivity contribution in [1.82, 2.24) is 10.2 Å². The van der Waals surface area contributed by atoms with Gasteiger partial charge in [0.25, 0.3) is 0 Å². The van der Waals surface area contributed by atoms with E-state index < -0.39 is 9.84 Å². The van der Waals surface area contributed by atoms with Crippen LogP contribution in [0.1, 0.15) is 20.3 Å². The van der Waals surface area contributed by atoms with Crippen LogP contribution in [0.5, 0.6) is 0 Å². The molecule has 0 radical (unpaired) electrons. The van der Waals surface area contributed by atoms with Gasteiger partial charge in [0.2, 0.25) is 5.91 Å². The molecule has 5 nitrogen and oxygen atoms in total. The molecule has 0 aromatic heterocycles. The number of carbonyl (C=O) groups excluding carboxylic acids is 1. The van der Waals surface area contributed by atoms with E-state index in [1.807, 2.05) is 4.90 Å². The van der Waals surface area contributed by atoms with Crippen molar-refractivity contribution in [2.45, 2.75) is 25.8 Å². The fraction of sp³-hybridized carbons (Fsp3) is 0.917. The first kappa shape index (κ1) is 13.8. The Hall–Kier alpha value is -0.620. The zero-order chi connectivity index (χ0) is 13.6. The van der Waals surface area contributed by atoms with Gasteiger partial charge in [-0.1, -0.05) is 0 Å². The molecule has 2 saturated heterocycles. The maximum atomic E-state index is 12.2. The largest absolute Gasteiger partial charge is 0.337 e. The second-order valence-electron chi connectivity index (χ2n) is 6.06. The summed E-state index contributed by atoms with van der Waals surface area (Å²) in [6.45, 7) is 6.84. The van der Waals surface area contributed by atoms with E-state index in [0.29, 0.717) is 11.8 Å². The Bertz CT molecular complexity index is 444. The van der Waals surface area contributed by atoms with E-state index in [1.54, 1.807) is 0 Å². The lowest BCUT2D eigenvalue weighted by molar-refractivity contribution is -0.134. The van der Waals surface area contributed by atoms with Crippen molar-refractivity contribution < 1.29 is 13.2 Å². The SMILES string of the molecule is CC1(C)C2CNCC2CN1C(=O)CCS(C)(=O)=O. The van der Waals surface area contributed by atoms with Gasteiger partial charge in [-0.15, -0.1) is 0 Å².